The first-order chi connectivity index (χ1) is 5.34. The average molecular weight is 234 g/mol. The predicted molar refractivity (Wildman–Crippen MR) is 47.4 cm³/mol. The molecule has 2 nitrogen and oxygen atoms in total. The Morgan fingerprint density at radius 2 is 2.55 bits per heavy atom. The van der Waals surface area contributed by atoms with Gasteiger partial charge in [0.1, 0.15) is 0 Å². The van der Waals surface area contributed by atoms with Gasteiger partial charge < -0.3 is 0 Å². The Labute approximate surface area is 76.8 Å². The zero-order chi connectivity index (χ0) is 8.10. The van der Waals surface area contributed by atoms with Gasteiger partial charge in [-0.25, -0.2) is 0 Å². The Balaban J connectivity index is 2.69. The first-order valence-electron chi connectivity index (χ1n) is 3.05. The molecule has 0 saturated heterocycles. The van der Waals surface area contributed by atoms with Crippen LogP contribution in [-0.4, -0.2) is 25.2 Å². The van der Waals surface area contributed by atoms with Gasteiger partial charge in [0.2, 0.25) is 0 Å². The maximum atomic E-state index is 5.77. The van der Waals surface area contributed by atoms with Crippen LogP contribution >= 0.6 is 11.6 Å². The quantitative estimate of drug-likeness (QED) is 0.576. The summed E-state index contributed by atoms with van der Waals surface area (Å²) in [6, 6.07) is 1.90. The molecule has 0 aliphatic carbocycles. The van der Waals surface area contributed by atoms with Crippen molar-refractivity contribution in [2.45, 2.75) is 5.32 Å². The fraction of sp³-hybridized carbons (Fsp3) is 0.143. The van der Waals surface area contributed by atoms with E-state index >= 15 is 0 Å². The average Bonchev–Trinajstić information content (AvgIpc) is 2.03. The zero-order valence-corrected chi connectivity index (χ0v) is 8.30. The Morgan fingerprint density at radius 1 is 1.73 bits per heavy atom. The van der Waals surface area contributed by atoms with Crippen molar-refractivity contribution in [1.82, 2.24) is 10.2 Å². The van der Waals surface area contributed by atoms with Gasteiger partial charge in [0.05, 0.1) is 0 Å². The van der Waals surface area contributed by atoms with Crippen molar-refractivity contribution < 1.29 is 0 Å². The van der Waals surface area contributed by atoms with Gasteiger partial charge >= 0.3 is 76.6 Å². The number of allylic oxidation sites excluding steroid dienone is 1. The van der Waals surface area contributed by atoms with Crippen LogP contribution in [0.5, 0.6) is 0 Å². The molecule has 0 saturated carbocycles. The van der Waals surface area contributed by atoms with Crippen LogP contribution in [0.4, 0.5) is 0 Å². The van der Waals surface area contributed by atoms with Gasteiger partial charge in [0, 0.05) is 0 Å². The van der Waals surface area contributed by atoms with Crippen LogP contribution in [0, 0.1) is 0 Å². The van der Waals surface area contributed by atoms with Gasteiger partial charge in [0.25, 0.3) is 0 Å². The molecule has 0 aliphatic rings. The van der Waals surface area contributed by atoms with E-state index in [9.17, 15) is 0 Å². The third kappa shape index (κ3) is 2.62. The maximum absolute atomic E-state index is 5.77. The van der Waals surface area contributed by atoms with Gasteiger partial charge in [0.15, 0.2) is 0 Å². The van der Waals surface area contributed by atoms with Crippen LogP contribution in [0.3, 0.4) is 0 Å². The molecule has 58 valence electrons. The second-order valence-electron chi connectivity index (χ2n) is 1.79. The molecule has 4 heteroatoms. The molecule has 0 aliphatic heterocycles. The predicted octanol–water partition coefficient (Wildman–Crippen LogP) is 1.06. The van der Waals surface area contributed by atoms with Crippen molar-refractivity contribution in [3.05, 3.63) is 30.1 Å². The van der Waals surface area contributed by atoms with Gasteiger partial charge in [-0.05, 0) is 0 Å². The van der Waals surface area contributed by atoms with E-state index in [1.807, 2.05) is 12.1 Å². The Hall–Kier alpha value is -0.371. The van der Waals surface area contributed by atoms with E-state index in [1.54, 1.807) is 6.20 Å². The molecule has 1 rings (SSSR count). The molecular weight excluding hydrogens is 227 g/mol. The summed E-state index contributed by atoms with van der Waals surface area (Å²) in [6.45, 7) is 3.64. The van der Waals surface area contributed by atoms with Crippen LogP contribution in [-0.2, 0) is 0 Å². The molecule has 0 amide bonds. The summed E-state index contributed by atoms with van der Waals surface area (Å²) in [4.78, 5) is 0. The topological polar surface area (TPSA) is 25.8 Å². The summed E-state index contributed by atoms with van der Waals surface area (Å²) in [5, 5.41) is 8.89. The fourth-order valence-corrected chi connectivity index (χ4v) is 2.24. The molecule has 0 atom stereocenters. The first kappa shape index (κ1) is 8.72. The minimum absolute atomic E-state index is 0.356. The third-order valence-electron chi connectivity index (χ3n) is 0.998. The van der Waals surface area contributed by atoms with Crippen molar-refractivity contribution in [2.24, 2.45) is 0 Å². The van der Waals surface area contributed by atoms with Crippen LogP contribution in [0.2, 0.25) is 10.5 Å². The summed E-state index contributed by atoms with van der Waals surface area (Å²) in [5.41, 5.74) is 0. The van der Waals surface area contributed by atoms with Crippen LogP contribution in [0.1, 0.15) is 0 Å². The van der Waals surface area contributed by atoms with E-state index in [4.69, 9.17) is 11.6 Å². The van der Waals surface area contributed by atoms with Gasteiger partial charge in [-0.15, -0.1) is 0 Å². The molecule has 0 bridgehead atoms. The number of nitrogens with zero attached hydrogens (tertiary/aromatic N) is 2. The monoisotopic (exact) mass is 234 g/mol. The summed E-state index contributed by atoms with van der Waals surface area (Å²) in [6.07, 6.45) is 3.54. The SMILES string of the molecule is C=CC[Se]c1ccnnc1Cl. The molecule has 1 aromatic heterocycles. The molecular formula is C7H7ClN2Se. The second-order valence-corrected chi connectivity index (χ2v) is 4.37. The Bertz CT molecular complexity index is 252. The molecule has 0 radical (unpaired) electrons. The molecule has 0 unspecified atom stereocenters. The van der Waals surface area contributed by atoms with Crippen molar-refractivity contribution in [2.75, 3.05) is 0 Å². The standard InChI is InChI=1S/C7H7ClN2Se/c1-2-5-11-6-3-4-9-10-7(6)8/h2-4H,1,5H2. The van der Waals surface area contributed by atoms with E-state index in [2.05, 4.69) is 16.8 Å². The third-order valence-corrected chi connectivity index (χ3v) is 3.72. The van der Waals surface area contributed by atoms with Crippen molar-refractivity contribution in [1.29, 1.82) is 0 Å². The minimum atomic E-state index is 0.356. The van der Waals surface area contributed by atoms with E-state index in [0.717, 1.165) is 9.78 Å². The van der Waals surface area contributed by atoms with Crippen molar-refractivity contribution in [3.8, 4) is 0 Å². The van der Waals surface area contributed by atoms with Gasteiger partial charge in [-0.1, -0.05) is 0 Å². The van der Waals surface area contributed by atoms with Crippen LogP contribution in [0.25, 0.3) is 0 Å². The van der Waals surface area contributed by atoms with Crippen LogP contribution < -0.4 is 4.46 Å². The summed E-state index contributed by atoms with van der Waals surface area (Å²) >= 11 is 6.12. The second kappa shape index (κ2) is 4.50. The first-order valence-corrected chi connectivity index (χ1v) is 5.50. The molecule has 11 heavy (non-hydrogen) atoms. The van der Waals surface area contributed by atoms with E-state index < -0.39 is 0 Å². The number of hydrogen-bond donors (Lipinski definition) is 0. The summed E-state index contributed by atoms with van der Waals surface area (Å²) < 4.78 is 1.09. The van der Waals surface area contributed by atoms with Gasteiger partial charge in [-0.2, -0.15) is 0 Å². The van der Waals surface area contributed by atoms with E-state index in [0.29, 0.717) is 20.1 Å². The van der Waals surface area contributed by atoms with Crippen LogP contribution in [0.15, 0.2) is 24.9 Å². The molecule has 1 aromatic rings. The van der Waals surface area contributed by atoms with Crippen molar-refractivity contribution >= 4 is 31.0 Å². The number of hydrogen-bond acceptors (Lipinski definition) is 2. The molecule has 0 aromatic carbocycles. The number of halogens is 1. The fourth-order valence-electron chi connectivity index (χ4n) is 0.559. The molecule has 0 spiro atoms. The number of rotatable bonds is 3. The molecule has 0 N–H and O–H groups in total. The van der Waals surface area contributed by atoms with Gasteiger partial charge in [-0.3, -0.25) is 0 Å². The zero-order valence-electron chi connectivity index (χ0n) is 5.83. The normalized spacial score (nSPS) is 9.55. The Morgan fingerprint density at radius 3 is 3.18 bits per heavy atom. The van der Waals surface area contributed by atoms with E-state index in [1.165, 1.54) is 0 Å². The number of aromatic nitrogens is 2. The van der Waals surface area contributed by atoms with Crippen molar-refractivity contribution in [3.63, 3.8) is 0 Å². The Kier molecular flexibility index (Phi) is 3.57. The molecule has 0 fully saturated rings. The van der Waals surface area contributed by atoms with E-state index in [-0.39, 0.29) is 0 Å². The summed E-state index contributed by atoms with van der Waals surface area (Å²) in [7, 11) is 0. The molecule has 1 heterocycles. The summed E-state index contributed by atoms with van der Waals surface area (Å²) in [5.74, 6) is 0.